The summed E-state index contributed by atoms with van der Waals surface area (Å²) in [7, 11) is 0. The number of carbonyl (C=O) groups is 1. The number of rotatable bonds is 5. The molecule has 24 heavy (non-hydrogen) atoms. The van der Waals surface area contributed by atoms with Crippen molar-refractivity contribution in [3.63, 3.8) is 0 Å². The van der Waals surface area contributed by atoms with Crippen LogP contribution in [0.2, 0.25) is 0 Å². The second-order valence-corrected chi connectivity index (χ2v) is 7.41. The van der Waals surface area contributed by atoms with Crippen LogP contribution in [-0.2, 0) is 9.53 Å². The lowest BCUT2D eigenvalue weighted by molar-refractivity contribution is -0.156. The van der Waals surface area contributed by atoms with E-state index in [-0.39, 0.29) is 11.7 Å². The van der Waals surface area contributed by atoms with Gasteiger partial charge in [-0.2, -0.15) is 0 Å². The van der Waals surface area contributed by atoms with E-state index in [1.165, 1.54) is 0 Å². The highest BCUT2D eigenvalue weighted by atomic mass is 16.6. The number of anilines is 1. The number of likely N-dealkylation sites (N-methyl/N-ethyl adjacent to an activating group) is 1. The minimum Gasteiger partial charge on any atom is -0.508 e. The number of hydrogen-bond acceptors (Lipinski definition) is 5. The van der Waals surface area contributed by atoms with Crippen molar-refractivity contribution in [3.8, 4) is 5.75 Å². The van der Waals surface area contributed by atoms with Crippen molar-refractivity contribution in [2.45, 2.75) is 52.2 Å². The highest BCUT2D eigenvalue weighted by Gasteiger charge is 2.27. The molecule has 0 unspecified atom stereocenters. The predicted molar refractivity (Wildman–Crippen MR) is 96.4 cm³/mol. The molecule has 1 aliphatic heterocycles. The van der Waals surface area contributed by atoms with Crippen LogP contribution < -0.4 is 4.90 Å². The Hall–Kier alpha value is -1.75. The summed E-state index contributed by atoms with van der Waals surface area (Å²) in [5.41, 5.74) is 0.673. The van der Waals surface area contributed by atoms with E-state index in [0.717, 1.165) is 38.2 Å². The van der Waals surface area contributed by atoms with Crippen LogP contribution in [0.5, 0.6) is 5.75 Å². The Morgan fingerprint density at radius 1 is 1.33 bits per heavy atom. The Morgan fingerprint density at radius 2 is 2.00 bits per heavy atom. The summed E-state index contributed by atoms with van der Waals surface area (Å²) >= 11 is 0. The van der Waals surface area contributed by atoms with Gasteiger partial charge in [-0.25, -0.2) is 0 Å². The zero-order valence-corrected chi connectivity index (χ0v) is 15.3. The molecular formula is C19H30N2O3. The molecule has 134 valence electrons. The molecule has 1 atom stereocenters. The second-order valence-electron chi connectivity index (χ2n) is 7.41. The molecule has 0 aliphatic carbocycles. The van der Waals surface area contributed by atoms with E-state index in [1.807, 2.05) is 32.9 Å². The maximum atomic E-state index is 12.2. The summed E-state index contributed by atoms with van der Waals surface area (Å²) < 4.78 is 5.46. The number of hydrogen-bond donors (Lipinski definition) is 1. The number of nitrogens with zero attached hydrogens (tertiary/aromatic N) is 2. The van der Waals surface area contributed by atoms with Crippen molar-refractivity contribution < 1.29 is 14.6 Å². The SMILES string of the molecule is CCN(CC(=O)OC(C)(C)C)[C@H]1CCCN(c2ccc(O)cc2)C1. The third-order valence-electron chi connectivity index (χ3n) is 4.29. The van der Waals surface area contributed by atoms with Gasteiger partial charge in [-0.3, -0.25) is 9.69 Å². The van der Waals surface area contributed by atoms with Crippen molar-refractivity contribution in [1.29, 1.82) is 0 Å². The van der Waals surface area contributed by atoms with E-state index in [4.69, 9.17) is 4.74 Å². The van der Waals surface area contributed by atoms with Gasteiger partial charge in [0.15, 0.2) is 0 Å². The van der Waals surface area contributed by atoms with Crippen LogP contribution in [0.3, 0.4) is 0 Å². The Bertz CT molecular complexity index is 537. The monoisotopic (exact) mass is 334 g/mol. The molecule has 1 fully saturated rings. The molecule has 2 rings (SSSR count). The van der Waals surface area contributed by atoms with Crippen LogP contribution in [0.25, 0.3) is 0 Å². The maximum Gasteiger partial charge on any atom is 0.320 e. The van der Waals surface area contributed by atoms with Gasteiger partial charge in [-0.15, -0.1) is 0 Å². The Balaban J connectivity index is 1.98. The van der Waals surface area contributed by atoms with E-state index in [0.29, 0.717) is 12.6 Å². The van der Waals surface area contributed by atoms with Gasteiger partial charge in [-0.1, -0.05) is 6.92 Å². The van der Waals surface area contributed by atoms with Crippen LogP contribution in [0.4, 0.5) is 5.69 Å². The van der Waals surface area contributed by atoms with Crippen molar-refractivity contribution in [3.05, 3.63) is 24.3 Å². The maximum absolute atomic E-state index is 12.2. The summed E-state index contributed by atoms with van der Waals surface area (Å²) in [5.74, 6) is 0.124. The molecule has 1 aromatic rings. The number of piperidine rings is 1. The smallest absolute Gasteiger partial charge is 0.320 e. The number of benzene rings is 1. The van der Waals surface area contributed by atoms with E-state index >= 15 is 0 Å². The molecule has 0 aromatic heterocycles. The van der Waals surface area contributed by atoms with Gasteiger partial charge in [0, 0.05) is 24.8 Å². The first-order chi connectivity index (χ1) is 11.3. The average molecular weight is 334 g/mol. The van der Waals surface area contributed by atoms with Crippen molar-refractivity contribution in [2.75, 3.05) is 31.1 Å². The third kappa shape index (κ3) is 5.41. The molecule has 5 nitrogen and oxygen atoms in total. The van der Waals surface area contributed by atoms with E-state index in [1.54, 1.807) is 12.1 Å². The van der Waals surface area contributed by atoms with Crippen LogP contribution in [0.1, 0.15) is 40.5 Å². The van der Waals surface area contributed by atoms with Gasteiger partial charge >= 0.3 is 5.97 Å². The summed E-state index contributed by atoms with van der Waals surface area (Å²) in [5, 5.41) is 9.45. The first-order valence-electron chi connectivity index (χ1n) is 8.78. The fraction of sp³-hybridized carbons (Fsp3) is 0.632. The largest absolute Gasteiger partial charge is 0.508 e. The number of aromatic hydroxyl groups is 1. The fourth-order valence-corrected chi connectivity index (χ4v) is 3.19. The zero-order chi connectivity index (χ0) is 17.7. The summed E-state index contributed by atoms with van der Waals surface area (Å²) in [6, 6.07) is 7.67. The fourth-order valence-electron chi connectivity index (χ4n) is 3.19. The molecule has 1 N–H and O–H groups in total. The average Bonchev–Trinajstić information content (AvgIpc) is 2.52. The first kappa shape index (κ1) is 18.6. The van der Waals surface area contributed by atoms with Gasteiger partial charge in [0.2, 0.25) is 0 Å². The highest BCUT2D eigenvalue weighted by molar-refractivity contribution is 5.72. The van der Waals surface area contributed by atoms with Gasteiger partial charge in [0.25, 0.3) is 0 Å². The number of carbonyl (C=O) groups excluding carboxylic acids is 1. The number of phenols is 1. The van der Waals surface area contributed by atoms with Crippen molar-refractivity contribution in [1.82, 2.24) is 4.90 Å². The molecule has 1 saturated heterocycles. The van der Waals surface area contributed by atoms with Gasteiger partial charge in [0.05, 0.1) is 6.54 Å². The minimum absolute atomic E-state index is 0.161. The number of ether oxygens (including phenoxy) is 1. The molecule has 0 saturated carbocycles. The Labute approximate surface area is 145 Å². The molecule has 0 amide bonds. The summed E-state index contributed by atoms with van der Waals surface area (Å²) in [6.07, 6.45) is 2.18. The zero-order valence-electron chi connectivity index (χ0n) is 15.3. The molecule has 0 spiro atoms. The number of phenolic OH excluding ortho intramolecular Hbond substituents is 1. The number of esters is 1. The van der Waals surface area contributed by atoms with Crippen LogP contribution in [0.15, 0.2) is 24.3 Å². The second kappa shape index (κ2) is 7.88. The normalized spacial score (nSPS) is 18.7. The molecule has 0 bridgehead atoms. The predicted octanol–water partition coefficient (Wildman–Crippen LogP) is 3.02. The van der Waals surface area contributed by atoms with Crippen LogP contribution >= 0.6 is 0 Å². The lowest BCUT2D eigenvalue weighted by atomic mass is 10.0. The third-order valence-corrected chi connectivity index (χ3v) is 4.29. The first-order valence-corrected chi connectivity index (χ1v) is 8.78. The van der Waals surface area contributed by atoms with Gasteiger partial charge < -0.3 is 14.7 Å². The molecule has 0 radical (unpaired) electrons. The van der Waals surface area contributed by atoms with Gasteiger partial charge in [-0.05, 0) is 64.4 Å². The molecular weight excluding hydrogens is 304 g/mol. The highest BCUT2D eigenvalue weighted by Crippen LogP contribution is 2.24. The van der Waals surface area contributed by atoms with Crippen molar-refractivity contribution >= 4 is 11.7 Å². The lowest BCUT2D eigenvalue weighted by Crippen LogP contribution is -2.50. The topological polar surface area (TPSA) is 53.0 Å². The minimum atomic E-state index is -0.443. The van der Waals surface area contributed by atoms with E-state index in [2.05, 4.69) is 16.7 Å². The van der Waals surface area contributed by atoms with E-state index in [9.17, 15) is 9.90 Å². The Kier molecular flexibility index (Phi) is 6.10. The Morgan fingerprint density at radius 3 is 2.58 bits per heavy atom. The van der Waals surface area contributed by atoms with E-state index < -0.39 is 5.60 Å². The summed E-state index contributed by atoms with van der Waals surface area (Å²) in [4.78, 5) is 16.7. The van der Waals surface area contributed by atoms with Crippen LogP contribution in [0, 0.1) is 0 Å². The molecule has 1 heterocycles. The molecule has 1 aromatic carbocycles. The standard InChI is InChI=1S/C19H30N2O3/c1-5-20(14-18(23)24-19(2,3)4)16-7-6-12-21(13-16)15-8-10-17(22)11-9-15/h8-11,16,22H,5-7,12-14H2,1-4H3/t16-/m0/s1. The van der Waals surface area contributed by atoms with Crippen molar-refractivity contribution in [2.24, 2.45) is 0 Å². The van der Waals surface area contributed by atoms with Gasteiger partial charge in [0.1, 0.15) is 11.4 Å². The molecule has 1 aliphatic rings. The summed E-state index contributed by atoms with van der Waals surface area (Å²) in [6.45, 7) is 10.8. The van der Waals surface area contributed by atoms with Crippen LogP contribution in [-0.4, -0.2) is 53.8 Å². The molecule has 5 heteroatoms. The quantitative estimate of drug-likeness (QED) is 0.839. The lowest BCUT2D eigenvalue weighted by Gasteiger charge is -2.40.